The Morgan fingerprint density at radius 2 is 2.26 bits per heavy atom. The van der Waals surface area contributed by atoms with Crippen LogP contribution >= 0.6 is 23.4 Å². The average molecular weight is 354 g/mol. The van der Waals surface area contributed by atoms with Crippen molar-refractivity contribution < 1.29 is 14.4 Å². The van der Waals surface area contributed by atoms with E-state index in [0.29, 0.717) is 35.0 Å². The highest BCUT2D eigenvalue weighted by Gasteiger charge is 2.45. The fourth-order valence-electron chi connectivity index (χ4n) is 3.04. The van der Waals surface area contributed by atoms with Gasteiger partial charge in [-0.15, -0.1) is 0 Å². The molecule has 3 amide bonds. The van der Waals surface area contributed by atoms with Gasteiger partial charge in [0.05, 0.1) is 23.0 Å². The highest BCUT2D eigenvalue weighted by Crippen LogP contribution is 2.30. The van der Waals surface area contributed by atoms with Gasteiger partial charge >= 0.3 is 0 Å². The number of halogens is 1. The van der Waals surface area contributed by atoms with Crippen molar-refractivity contribution in [1.29, 1.82) is 0 Å². The summed E-state index contributed by atoms with van der Waals surface area (Å²) in [4.78, 5) is 38.6. The number of fused-ring (bicyclic) bond motifs is 2. The molecule has 2 aliphatic heterocycles. The molecule has 2 N–H and O–H groups in total. The maximum atomic E-state index is 12.7. The van der Waals surface area contributed by atoms with Crippen LogP contribution in [-0.4, -0.2) is 53.3 Å². The van der Waals surface area contributed by atoms with Crippen molar-refractivity contribution in [3.8, 4) is 0 Å². The van der Waals surface area contributed by atoms with E-state index in [1.807, 2.05) is 6.26 Å². The highest BCUT2D eigenvalue weighted by atomic mass is 35.5. The molecule has 0 radical (unpaired) electrons. The van der Waals surface area contributed by atoms with E-state index in [1.54, 1.807) is 18.2 Å². The van der Waals surface area contributed by atoms with Crippen LogP contribution in [0.2, 0.25) is 5.02 Å². The molecule has 3 rings (SSSR count). The zero-order valence-corrected chi connectivity index (χ0v) is 14.0. The molecule has 0 aliphatic carbocycles. The van der Waals surface area contributed by atoms with Crippen molar-refractivity contribution in [3.63, 3.8) is 0 Å². The molecule has 1 aromatic rings. The Hall–Kier alpha value is -1.73. The Kier molecular flexibility index (Phi) is 4.50. The summed E-state index contributed by atoms with van der Waals surface area (Å²) in [7, 11) is 0. The van der Waals surface area contributed by atoms with Gasteiger partial charge in [0.2, 0.25) is 11.8 Å². The van der Waals surface area contributed by atoms with E-state index < -0.39 is 6.04 Å². The van der Waals surface area contributed by atoms with Crippen LogP contribution in [0.15, 0.2) is 18.2 Å². The molecule has 2 aliphatic rings. The second-order valence-electron chi connectivity index (χ2n) is 5.52. The predicted molar refractivity (Wildman–Crippen MR) is 89.8 cm³/mol. The van der Waals surface area contributed by atoms with Gasteiger partial charge in [0.25, 0.3) is 5.91 Å². The molecule has 6 nitrogen and oxygen atoms in total. The number of nitrogens with zero attached hydrogens (tertiary/aromatic N) is 1. The third kappa shape index (κ3) is 3.03. The van der Waals surface area contributed by atoms with Crippen LogP contribution in [0.5, 0.6) is 0 Å². The number of rotatable bonds is 3. The molecule has 23 heavy (non-hydrogen) atoms. The minimum atomic E-state index is -0.695. The molecule has 0 spiro atoms. The fraction of sp³-hybridized carbons (Fsp3) is 0.400. The van der Waals surface area contributed by atoms with E-state index in [9.17, 15) is 14.4 Å². The molecule has 1 saturated heterocycles. The van der Waals surface area contributed by atoms with E-state index in [1.165, 1.54) is 16.7 Å². The molecule has 2 atom stereocenters. The summed E-state index contributed by atoms with van der Waals surface area (Å²) in [6, 6.07) is 3.74. The molecule has 8 heteroatoms. The third-order valence-corrected chi connectivity index (χ3v) is 4.81. The largest absolute Gasteiger partial charge is 0.350 e. The second-order valence-corrected chi connectivity index (χ2v) is 6.82. The number of carbonyl (C=O) groups is 3. The van der Waals surface area contributed by atoms with Crippen molar-refractivity contribution in [2.45, 2.75) is 18.5 Å². The molecule has 122 valence electrons. The lowest BCUT2D eigenvalue weighted by atomic mass is 10.1. The first-order chi connectivity index (χ1) is 11.0. The average Bonchev–Trinajstić information content (AvgIpc) is 2.86. The van der Waals surface area contributed by atoms with E-state index in [2.05, 4.69) is 10.6 Å². The highest BCUT2D eigenvalue weighted by molar-refractivity contribution is 7.99. The summed E-state index contributed by atoms with van der Waals surface area (Å²) in [5.41, 5.74) is 0.831. The van der Waals surface area contributed by atoms with Crippen LogP contribution in [0.4, 0.5) is 5.69 Å². The Balaban J connectivity index is 1.88. The maximum absolute atomic E-state index is 12.7. The molecule has 0 aromatic heterocycles. The second kappa shape index (κ2) is 6.41. The normalized spacial score (nSPS) is 23.0. The lowest BCUT2D eigenvalue weighted by Gasteiger charge is -2.24. The summed E-state index contributed by atoms with van der Waals surface area (Å²) >= 11 is 7.35. The lowest BCUT2D eigenvalue weighted by Crippen LogP contribution is -2.51. The van der Waals surface area contributed by atoms with Gasteiger partial charge in [-0.25, -0.2) is 0 Å². The topological polar surface area (TPSA) is 78.5 Å². The molecule has 0 bridgehead atoms. The van der Waals surface area contributed by atoms with Gasteiger partial charge < -0.3 is 15.5 Å². The molecule has 2 heterocycles. The quantitative estimate of drug-likeness (QED) is 0.860. The first-order valence-corrected chi connectivity index (χ1v) is 8.98. The first kappa shape index (κ1) is 16.1. The van der Waals surface area contributed by atoms with Crippen molar-refractivity contribution in [1.82, 2.24) is 10.2 Å². The molecule has 1 aromatic carbocycles. The van der Waals surface area contributed by atoms with Gasteiger partial charge in [0, 0.05) is 11.6 Å². The summed E-state index contributed by atoms with van der Waals surface area (Å²) in [6.07, 6.45) is 2.40. The smallest absolute Gasteiger partial charge is 0.256 e. The number of carbonyl (C=O) groups excluding carboxylic acids is 3. The molecular formula is C15H16ClN3O3S. The Labute approximate surface area is 142 Å². The number of amides is 3. The van der Waals surface area contributed by atoms with Crippen LogP contribution in [-0.2, 0) is 9.59 Å². The van der Waals surface area contributed by atoms with Crippen LogP contribution in [0.1, 0.15) is 16.8 Å². The van der Waals surface area contributed by atoms with Crippen molar-refractivity contribution >= 4 is 46.8 Å². The molecule has 1 fully saturated rings. The number of hydrogen-bond donors (Lipinski definition) is 2. The van der Waals surface area contributed by atoms with Gasteiger partial charge in [-0.05, 0) is 30.9 Å². The van der Waals surface area contributed by atoms with Gasteiger partial charge in [0.15, 0.2) is 0 Å². The Bertz CT molecular complexity index is 682. The Morgan fingerprint density at radius 3 is 3.00 bits per heavy atom. The third-order valence-electron chi connectivity index (χ3n) is 4.02. The Morgan fingerprint density at radius 1 is 1.48 bits per heavy atom. The molecular weight excluding hydrogens is 338 g/mol. The maximum Gasteiger partial charge on any atom is 0.256 e. The summed E-state index contributed by atoms with van der Waals surface area (Å²) in [6.45, 7) is 0.434. The minimum absolute atomic E-state index is 0.130. The van der Waals surface area contributed by atoms with Crippen molar-refractivity contribution in [2.75, 3.05) is 23.9 Å². The van der Waals surface area contributed by atoms with E-state index in [0.717, 1.165) is 0 Å². The SMILES string of the molecule is CSCC(=O)N[C@@H]1CCN2C(=O)c3ccc(Cl)cc3NC(=O)[C@H]12. The van der Waals surface area contributed by atoms with E-state index in [-0.39, 0.29) is 23.8 Å². The lowest BCUT2D eigenvalue weighted by molar-refractivity contribution is -0.122. The van der Waals surface area contributed by atoms with Crippen LogP contribution in [0.25, 0.3) is 0 Å². The summed E-state index contributed by atoms with van der Waals surface area (Å²) < 4.78 is 0. The number of benzene rings is 1. The monoisotopic (exact) mass is 353 g/mol. The van der Waals surface area contributed by atoms with Crippen molar-refractivity contribution in [2.24, 2.45) is 0 Å². The van der Waals surface area contributed by atoms with Crippen LogP contribution < -0.4 is 10.6 Å². The molecule has 0 unspecified atom stereocenters. The fourth-order valence-corrected chi connectivity index (χ4v) is 3.56. The number of nitrogens with one attached hydrogen (secondary N) is 2. The standard InChI is InChI=1S/C15H16ClN3O3S/c1-23-7-12(20)17-10-4-5-19-13(10)14(21)18-11-6-8(16)2-3-9(11)15(19)22/h2-3,6,10,13H,4-5,7H2,1H3,(H,17,20)(H,18,21)/t10-,13+/m1/s1. The first-order valence-electron chi connectivity index (χ1n) is 7.21. The van der Waals surface area contributed by atoms with Gasteiger partial charge in [-0.1, -0.05) is 11.6 Å². The van der Waals surface area contributed by atoms with E-state index in [4.69, 9.17) is 11.6 Å². The zero-order valence-electron chi connectivity index (χ0n) is 12.5. The van der Waals surface area contributed by atoms with E-state index >= 15 is 0 Å². The summed E-state index contributed by atoms with van der Waals surface area (Å²) in [5.74, 6) is -0.323. The number of thioether (sulfide) groups is 1. The van der Waals surface area contributed by atoms with Crippen LogP contribution in [0, 0.1) is 0 Å². The number of hydrogen-bond acceptors (Lipinski definition) is 4. The van der Waals surface area contributed by atoms with Crippen molar-refractivity contribution in [3.05, 3.63) is 28.8 Å². The van der Waals surface area contributed by atoms with Crippen LogP contribution in [0.3, 0.4) is 0 Å². The summed E-state index contributed by atoms with van der Waals surface area (Å²) in [5, 5.41) is 6.06. The van der Waals surface area contributed by atoms with Gasteiger partial charge in [-0.2, -0.15) is 11.8 Å². The predicted octanol–water partition coefficient (Wildman–Crippen LogP) is 1.35. The zero-order chi connectivity index (χ0) is 16.6. The molecule has 0 saturated carbocycles. The van der Waals surface area contributed by atoms with Gasteiger partial charge in [-0.3, -0.25) is 14.4 Å². The number of anilines is 1. The minimum Gasteiger partial charge on any atom is -0.350 e. The van der Waals surface area contributed by atoms with Gasteiger partial charge in [0.1, 0.15) is 6.04 Å².